The van der Waals surface area contributed by atoms with E-state index in [0.717, 1.165) is 6.92 Å². The summed E-state index contributed by atoms with van der Waals surface area (Å²) in [4.78, 5) is 32.6. The van der Waals surface area contributed by atoms with E-state index in [1.165, 1.54) is 6.92 Å². The maximum absolute atomic E-state index is 11.2. The first-order chi connectivity index (χ1) is 8.77. The van der Waals surface area contributed by atoms with Gasteiger partial charge in [-0.3, -0.25) is 9.59 Å². The first-order valence-corrected chi connectivity index (χ1v) is 5.16. The summed E-state index contributed by atoms with van der Waals surface area (Å²) in [5.74, 6) is -6.69. The van der Waals surface area contributed by atoms with Crippen molar-refractivity contribution in [2.45, 2.75) is 13.8 Å². The van der Waals surface area contributed by atoms with E-state index in [2.05, 4.69) is 4.74 Å². The Labute approximate surface area is 194 Å². The Morgan fingerprint density at radius 3 is 1.68 bits per heavy atom. The molecule has 0 aromatic heterocycles. The van der Waals surface area contributed by atoms with Crippen molar-refractivity contribution in [3.63, 3.8) is 0 Å². The van der Waals surface area contributed by atoms with Crippen LogP contribution in [0.4, 0.5) is 0 Å². The number of hydrogen-bond acceptors (Lipinski definition) is 7. The number of ether oxygens (including phenoxy) is 1. The average molecular weight is 336 g/mol. The first kappa shape index (κ1) is 30.3. The van der Waals surface area contributed by atoms with Crippen LogP contribution < -0.4 is 104 Å². The van der Waals surface area contributed by atoms with Crippen LogP contribution in [0.3, 0.4) is 0 Å². The second kappa shape index (κ2) is 16.3. The molecule has 0 rings (SSSR count). The zero-order chi connectivity index (χ0) is 15.0. The second-order valence-corrected chi connectivity index (χ2v) is 3.26. The molecule has 0 aliphatic carbocycles. The van der Waals surface area contributed by atoms with Crippen LogP contribution in [0.25, 0.3) is 0 Å². The van der Waals surface area contributed by atoms with Crippen molar-refractivity contribution in [1.29, 1.82) is 0 Å². The van der Waals surface area contributed by atoms with Gasteiger partial charge in [-0.25, -0.2) is 4.79 Å². The fourth-order valence-electron chi connectivity index (χ4n) is 0.888. The van der Waals surface area contributed by atoms with E-state index in [1.54, 1.807) is 0 Å². The first-order valence-electron chi connectivity index (χ1n) is 5.16. The van der Waals surface area contributed by atoms with Crippen LogP contribution in [0.15, 0.2) is 35.5 Å². The van der Waals surface area contributed by atoms with E-state index in [1.807, 2.05) is 0 Å². The molecule has 0 bridgehead atoms. The van der Waals surface area contributed by atoms with E-state index < -0.39 is 34.8 Å². The molecule has 0 unspecified atom stereocenters. The Morgan fingerprint density at radius 2 is 1.27 bits per heavy atom. The monoisotopic (exact) mass is 336 g/mol. The number of carbonyl (C=O) groups excluding carboxylic acids is 3. The number of carbonyl (C=O) groups is 3. The molecule has 22 heavy (non-hydrogen) atoms. The molecule has 10 heteroatoms. The molecule has 0 aromatic carbocycles. The third-order valence-electron chi connectivity index (χ3n) is 1.60. The SMILES string of the molecule is CCOC(=O)/C([O-])=C/C(=O)/C=C([O-])/C([O-])=C/C(C)=O.[Na+].[Na+].[Na+]. The summed E-state index contributed by atoms with van der Waals surface area (Å²) >= 11 is 0. The predicted molar refractivity (Wildman–Crippen MR) is 56.6 cm³/mol. The van der Waals surface area contributed by atoms with E-state index in [9.17, 15) is 29.7 Å². The molecule has 0 aliphatic rings. The minimum Gasteiger partial charge on any atom is -0.873 e. The number of esters is 1. The number of allylic oxidation sites excluding steroid dienone is 3. The Morgan fingerprint density at radius 1 is 0.864 bits per heavy atom. The molecule has 0 fully saturated rings. The molecule has 0 heterocycles. The van der Waals surface area contributed by atoms with Gasteiger partial charge in [0.05, 0.1) is 6.61 Å². The van der Waals surface area contributed by atoms with E-state index in [0.29, 0.717) is 18.2 Å². The van der Waals surface area contributed by atoms with Crippen molar-refractivity contribution in [3.8, 4) is 0 Å². The Bertz CT molecular complexity index is 481. The van der Waals surface area contributed by atoms with Gasteiger partial charge in [-0.15, -0.1) is 11.5 Å². The molecule has 0 saturated heterocycles. The maximum atomic E-state index is 11.2. The van der Waals surface area contributed by atoms with Gasteiger partial charge in [-0.2, -0.15) is 0 Å². The van der Waals surface area contributed by atoms with Crippen LogP contribution in [0.2, 0.25) is 0 Å². The van der Waals surface area contributed by atoms with Crippen molar-refractivity contribution in [2.75, 3.05) is 6.61 Å². The van der Waals surface area contributed by atoms with Crippen LogP contribution in [0.1, 0.15) is 13.8 Å². The van der Waals surface area contributed by atoms with Crippen LogP contribution in [0, 0.1) is 0 Å². The molecular weight excluding hydrogens is 325 g/mol. The van der Waals surface area contributed by atoms with Gasteiger partial charge in [-0.05, 0) is 37.8 Å². The van der Waals surface area contributed by atoms with Crippen LogP contribution in [0.5, 0.6) is 0 Å². The largest absolute Gasteiger partial charge is 1.00 e. The van der Waals surface area contributed by atoms with E-state index in [4.69, 9.17) is 0 Å². The minimum absolute atomic E-state index is 0. The van der Waals surface area contributed by atoms with Gasteiger partial charge in [-0.1, -0.05) is 0 Å². The van der Waals surface area contributed by atoms with Gasteiger partial charge in [0.25, 0.3) is 0 Å². The van der Waals surface area contributed by atoms with Crippen LogP contribution >= 0.6 is 0 Å². The van der Waals surface area contributed by atoms with Crippen molar-refractivity contribution < 1.29 is 123 Å². The fourth-order valence-corrected chi connectivity index (χ4v) is 0.888. The molecule has 0 amide bonds. The zero-order valence-electron chi connectivity index (χ0n) is 13.3. The number of rotatable bonds is 6. The van der Waals surface area contributed by atoms with E-state index >= 15 is 0 Å². The average Bonchev–Trinajstić information content (AvgIpc) is 2.27. The zero-order valence-corrected chi connectivity index (χ0v) is 19.3. The standard InChI is InChI=1S/C12H14O7.3Na/c1-3-19-12(18)11(17)6-8(14)5-10(16)9(15)4-7(2)13;;;/h4-6,15-17H,3H2,1-2H3;;;/q;3*+1/p-3/b9-4-,10-5-,11-6-;;;. The predicted octanol–water partition coefficient (Wildman–Crippen LogP) is -11.5. The van der Waals surface area contributed by atoms with Crippen molar-refractivity contribution >= 4 is 17.5 Å². The van der Waals surface area contributed by atoms with Crippen molar-refractivity contribution in [3.05, 3.63) is 35.5 Å². The topological polar surface area (TPSA) is 130 Å². The molecule has 0 radical (unpaired) electrons. The molecule has 0 aromatic rings. The van der Waals surface area contributed by atoms with Gasteiger partial charge >= 0.3 is 94.6 Å². The van der Waals surface area contributed by atoms with Gasteiger partial charge in [0.1, 0.15) is 0 Å². The normalized spacial score (nSPS) is 11.3. The molecule has 0 atom stereocenters. The van der Waals surface area contributed by atoms with Crippen LogP contribution in [-0.2, 0) is 19.1 Å². The number of hydrogen-bond donors (Lipinski definition) is 0. The van der Waals surface area contributed by atoms with Gasteiger partial charge in [0.2, 0.25) is 0 Å². The Balaban J connectivity index is -0.000000540. The van der Waals surface area contributed by atoms with E-state index in [-0.39, 0.29) is 95.3 Å². The molecular formula is C12H11Na3O7. The third-order valence-corrected chi connectivity index (χ3v) is 1.60. The quantitative estimate of drug-likeness (QED) is 0.155. The molecule has 0 N–H and O–H groups in total. The Hall–Kier alpha value is 0.430. The van der Waals surface area contributed by atoms with Gasteiger partial charge in [0, 0.05) is 0 Å². The smallest absolute Gasteiger partial charge is 0.873 e. The number of ketones is 2. The molecule has 104 valence electrons. The summed E-state index contributed by atoms with van der Waals surface area (Å²) in [6.07, 6.45) is 1.16. The van der Waals surface area contributed by atoms with Gasteiger partial charge in [0.15, 0.2) is 11.6 Å². The van der Waals surface area contributed by atoms with Crippen LogP contribution in [-0.4, -0.2) is 24.1 Å². The second-order valence-electron chi connectivity index (χ2n) is 3.26. The van der Waals surface area contributed by atoms with Crippen molar-refractivity contribution in [1.82, 2.24) is 0 Å². The minimum atomic E-state index is -1.26. The molecule has 0 saturated carbocycles. The summed E-state index contributed by atoms with van der Waals surface area (Å²) in [5.41, 5.74) is 0. The third kappa shape index (κ3) is 14.0. The summed E-state index contributed by atoms with van der Waals surface area (Å²) in [5, 5.41) is 33.2. The molecule has 0 aliphatic heterocycles. The summed E-state index contributed by atoms with van der Waals surface area (Å²) in [6.45, 7) is 2.49. The fraction of sp³-hybridized carbons (Fsp3) is 0.250. The summed E-state index contributed by atoms with van der Waals surface area (Å²) in [6, 6.07) is 0. The van der Waals surface area contributed by atoms with Gasteiger partial charge < -0.3 is 20.1 Å². The maximum Gasteiger partial charge on any atom is 1.00 e. The van der Waals surface area contributed by atoms with Crippen molar-refractivity contribution in [2.24, 2.45) is 0 Å². The summed E-state index contributed by atoms with van der Waals surface area (Å²) < 4.78 is 4.32. The summed E-state index contributed by atoms with van der Waals surface area (Å²) in [7, 11) is 0. The molecule has 0 spiro atoms. The molecule has 7 nitrogen and oxygen atoms in total. The Kier molecular flexibility index (Phi) is 22.5.